The van der Waals surface area contributed by atoms with Gasteiger partial charge in [0.1, 0.15) is 5.76 Å². The molecule has 0 unspecified atom stereocenters. The topological polar surface area (TPSA) is 114 Å². The molecule has 9 heteroatoms. The number of amides is 3. The smallest absolute Gasteiger partial charge is 0.249 e. The first-order valence-electron chi connectivity index (χ1n) is 9.47. The molecule has 2 N–H and O–H groups in total. The first-order valence-corrected chi connectivity index (χ1v) is 9.47. The Hall–Kier alpha value is -2.68. The first-order chi connectivity index (χ1) is 13.5. The number of methoxy groups -OCH3 is 1. The van der Waals surface area contributed by atoms with Crippen LogP contribution in [-0.2, 0) is 19.1 Å². The van der Waals surface area contributed by atoms with E-state index >= 15 is 0 Å². The van der Waals surface area contributed by atoms with Crippen LogP contribution in [0, 0.1) is 6.92 Å². The van der Waals surface area contributed by atoms with Gasteiger partial charge in [-0.3, -0.25) is 14.4 Å². The van der Waals surface area contributed by atoms with Crippen LogP contribution >= 0.6 is 0 Å². The average molecular weight is 392 g/mol. The lowest BCUT2D eigenvalue weighted by Crippen LogP contribution is -2.45. The van der Waals surface area contributed by atoms with Crippen LogP contribution in [0.15, 0.2) is 22.7 Å². The number of hydrogen-bond acceptors (Lipinski definition) is 6. The summed E-state index contributed by atoms with van der Waals surface area (Å²) in [5, 5.41) is 9.12. The number of aromatic nitrogens is 1. The van der Waals surface area contributed by atoms with E-state index in [9.17, 15) is 14.4 Å². The molecule has 0 radical (unpaired) electrons. The third-order valence-electron chi connectivity index (χ3n) is 4.44. The van der Waals surface area contributed by atoms with Gasteiger partial charge in [0.25, 0.3) is 0 Å². The van der Waals surface area contributed by atoms with E-state index in [1.54, 1.807) is 13.0 Å². The predicted molar refractivity (Wildman–Crippen MR) is 102 cm³/mol. The van der Waals surface area contributed by atoms with Crippen molar-refractivity contribution in [2.75, 3.05) is 32.1 Å². The Labute approximate surface area is 164 Å². The second-order valence-corrected chi connectivity index (χ2v) is 6.80. The van der Waals surface area contributed by atoms with Gasteiger partial charge in [-0.1, -0.05) is 24.4 Å². The van der Waals surface area contributed by atoms with Gasteiger partial charge in [-0.05, 0) is 19.8 Å². The number of carbonyl (C=O) groups excluding carboxylic acids is 3. The molecule has 2 rings (SSSR count). The largest absolute Gasteiger partial charge is 0.383 e. The van der Waals surface area contributed by atoms with Crippen molar-refractivity contribution in [1.29, 1.82) is 0 Å². The summed E-state index contributed by atoms with van der Waals surface area (Å²) < 4.78 is 9.87. The molecule has 1 aromatic rings. The van der Waals surface area contributed by atoms with E-state index in [1.807, 2.05) is 0 Å². The van der Waals surface area contributed by atoms with Crippen LogP contribution in [0.2, 0.25) is 0 Å². The van der Waals surface area contributed by atoms with E-state index in [4.69, 9.17) is 9.26 Å². The van der Waals surface area contributed by atoms with Gasteiger partial charge in [0.05, 0.1) is 13.2 Å². The number of hydrogen-bond donors (Lipinski definition) is 2. The Bertz CT molecular complexity index is 694. The van der Waals surface area contributed by atoms with Gasteiger partial charge in [0, 0.05) is 37.9 Å². The summed E-state index contributed by atoms with van der Waals surface area (Å²) in [6.07, 6.45) is 7.60. The second-order valence-electron chi connectivity index (χ2n) is 6.80. The van der Waals surface area contributed by atoms with E-state index in [-0.39, 0.29) is 30.9 Å². The molecule has 9 nitrogen and oxygen atoms in total. The zero-order chi connectivity index (χ0) is 20.4. The Kier molecular flexibility index (Phi) is 8.67. The average Bonchev–Trinajstić information content (AvgIpc) is 3.08. The van der Waals surface area contributed by atoms with Crippen molar-refractivity contribution >= 4 is 23.5 Å². The molecule has 28 heavy (non-hydrogen) atoms. The number of nitrogens with one attached hydrogen (secondary N) is 2. The highest BCUT2D eigenvalue weighted by atomic mass is 16.5. The summed E-state index contributed by atoms with van der Waals surface area (Å²) in [6.45, 7) is 2.17. The number of anilines is 1. The molecule has 0 saturated heterocycles. The molecule has 0 aromatic carbocycles. The molecule has 1 fully saturated rings. The van der Waals surface area contributed by atoms with Crippen molar-refractivity contribution in [1.82, 2.24) is 15.4 Å². The lowest BCUT2D eigenvalue weighted by atomic mass is 9.95. The Balaban J connectivity index is 1.87. The SMILES string of the molecule is COCCN(CC(=O)NC1CCCCC1)C(=O)/C=C/C(=O)Nc1cc(C)on1. The minimum Gasteiger partial charge on any atom is -0.383 e. The molecule has 0 bridgehead atoms. The van der Waals surface area contributed by atoms with Gasteiger partial charge in [0.2, 0.25) is 17.7 Å². The molecule has 1 aliphatic carbocycles. The van der Waals surface area contributed by atoms with Crippen molar-refractivity contribution in [2.24, 2.45) is 0 Å². The van der Waals surface area contributed by atoms with E-state index < -0.39 is 11.8 Å². The maximum absolute atomic E-state index is 12.4. The van der Waals surface area contributed by atoms with E-state index in [0.29, 0.717) is 12.4 Å². The Morgan fingerprint density at radius 3 is 2.68 bits per heavy atom. The standard InChI is InChI=1S/C19H28N4O5/c1-14-12-16(22-28-14)21-17(24)8-9-19(26)23(10-11-27-2)13-18(25)20-15-6-4-3-5-7-15/h8-9,12,15H,3-7,10-11,13H2,1-2H3,(H,20,25)(H,21,22,24)/b9-8+. The van der Waals surface area contributed by atoms with E-state index in [2.05, 4.69) is 15.8 Å². The van der Waals surface area contributed by atoms with Crippen molar-refractivity contribution in [3.8, 4) is 0 Å². The van der Waals surface area contributed by atoms with E-state index in [1.165, 1.54) is 18.4 Å². The molecular formula is C19H28N4O5. The molecule has 1 saturated carbocycles. The fraction of sp³-hybridized carbons (Fsp3) is 0.579. The monoisotopic (exact) mass is 392 g/mol. The fourth-order valence-corrected chi connectivity index (χ4v) is 3.01. The summed E-state index contributed by atoms with van der Waals surface area (Å²) in [4.78, 5) is 38.0. The van der Waals surface area contributed by atoms with Crippen molar-refractivity contribution in [2.45, 2.75) is 45.1 Å². The highest BCUT2D eigenvalue weighted by Crippen LogP contribution is 2.17. The number of aryl methyl sites for hydroxylation is 1. The minimum atomic E-state index is -0.514. The summed E-state index contributed by atoms with van der Waals surface area (Å²) in [6, 6.07) is 1.74. The van der Waals surface area contributed by atoms with Gasteiger partial charge in [0.15, 0.2) is 5.82 Å². The van der Waals surface area contributed by atoms with Crippen LogP contribution in [0.4, 0.5) is 5.82 Å². The Morgan fingerprint density at radius 1 is 1.29 bits per heavy atom. The third kappa shape index (κ3) is 7.51. The first kappa shape index (κ1) is 21.6. The number of nitrogens with zero attached hydrogens (tertiary/aromatic N) is 2. The quantitative estimate of drug-likeness (QED) is 0.614. The molecule has 0 aliphatic heterocycles. The molecule has 154 valence electrons. The summed E-state index contributed by atoms with van der Waals surface area (Å²) in [5.41, 5.74) is 0. The van der Waals surface area contributed by atoms with Crippen LogP contribution in [0.25, 0.3) is 0 Å². The molecule has 0 spiro atoms. The maximum Gasteiger partial charge on any atom is 0.249 e. The molecule has 1 heterocycles. The maximum atomic E-state index is 12.4. The van der Waals surface area contributed by atoms with Gasteiger partial charge in [-0.2, -0.15) is 0 Å². The molecule has 1 aliphatic rings. The lowest BCUT2D eigenvalue weighted by Gasteiger charge is -2.25. The van der Waals surface area contributed by atoms with Gasteiger partial charge < -0.3 is 24.8 Å². The van der Waals surface area contributed by atoms with E-state index in [0.717, 1.165) is 37.8 Å². The third-order valence-corrected chi connectivity index (χ3v) is 4.44. The van der Waals surface area contributed by atoms with Gasteiger partial charge >= 0.3 is 0 Å². The Morgan fingerprint density at radius 2 is 2.04 bits per heavy atom. The van der Waals surface area contributed by atoms with Gasteiger partial charge in [-0.25, -0.2) is 0 Å². The number of rotatable bonds is 9. The fourth-order valence-electron chi connectivity index (χ4n) is 3.01. The summed E-state index contributed by atoms with van der Waals surface area (Å²) in [7, 11) is 1.52. The second kappa shape index (κ2) is 11.2. The molecule has 1 aromatic heterocycles. The summed E-state index contributed by atoms with van der Waals surface area (Å²) in [5.74, 6) is -0.331. The van der Waals surface area contributed by atoms with Crippen molar-refractivity contribution in [3.05, 3.63) is 24.0 Å². The van der Waals surface area contributed by atoms with Crippen LogP contribution in [-0.4, -0.2) is 60.6 Å². The van der Waals surface area contributed by atoms with Gasteiger partial charge in [-0.15, -0.1) is 0 Å². The highest BCUT2D eigenvalue weighted by Gasteiger charge is 2.19. The zero-order valence-corrected chi connectivity index (χ0v) is 16.4. The molecular weight excluding hydrogens is 364 g/mol. The van der Waals surface area contributed by atoms with Crippen molar-refractivity contribution in [3.63, 3.8) is 0 Å². The van der Waals surface area contributed by atoms with Crippen LogP contribution < -0.4 is 10.6 Å². The van der Waals surface area contributed by atoms with Crippen LogP contribution in [0.1, 0.15) is 37.9 Å². The number of carbonyl (C=O) groups is 3. The predicted octanol–water partition coefficient (Wildman–Crippen LogP) is 1.40. The van der Waals surface area contributed by atoms with Crippen LogP contribution in [0.5, 0.6) is 0 Å². The molecule has 3 amide bonds. The number of ether oxygens (including phenoxy) is 1. The van der Waals surface area contributed by atoms with Crippen LogP contribution in [0.3, 0.4) is 0 Å². The highest BCUT2D eigenvalue weighted by molar-refractivity contribution is 6.03. The minimum absolute atomic E-state index is 0.0763. The lowest BCUT2D eigenvalue weighted by molar-refractivity contribution is -0.133. The molecule has 0 atom stereocenters. The van der Waals surface area contributed by atoms with Crippen molar-refractivity contribution < 1.29 is 23.6 Å². The normalized spacial score (nSPS) is 14.8. The summed E-state index contributed by atoms with van der Waals surface area (Å²) >= 11 is 0. The zero-order valence-electron chi connectivity index (χ0n) is 16.4.